The average Bonchev–Trinajstić information content (AvgIpc) is 2.37. The molecule has 0 N–H and O–H groups in total. The van der Waals surface area contributed by atoms with Gasteiger partial charge in [-0.15, -0.1) is 0 Å². The first-order valence-electron chi connectivity index (χ1n) is 6.58. The minimum Gasteiger partial charge on any atom is -0.261 e. The minimum absolute atomic E-state index is 0.632. The summed E-state index contributed by atoms with van der Waals surface area (Å²) in [5.41, 5.74) is 1.27. The monoisotopic (exact) mass is 235 g/mol. The summed E-state index contributed by atoms with van der Waals surface area (Å²) in [4.78, 5) is 4.49. The molecule has 0 aliphatic carbocycles. The molecule has 0 fully saturated rings. The summed E-state index contributed by atoms with van der Waals surface area (Å²) in [6.07, 6.45) is 1.92. The lowest BCUT2D eigenvalue weighted by Gasteiger charge is -2.30. The van der Waals surface area contributed by atoms with Crippen LogP contribution in [-0.4, -0.2) is 13.1 Å². The molecule has 1 rings (SSSR count). The van der Waals surface area contributed by atoms with Crippen molar-refractivity contribution in [3.05, 3.63) is 30.1 Å². The Morgan fingerprint density at radius 3 is 2.19 bits per heavy atom. The number of nitrogens with zero attached hydrogens (tertiary/aromatic N) is 1. The van der Waals surface area contributed by atoms with Gasteiger partial charge in [-0.2, -0.15) is 0 Å². The summed E-state index contributed by atoms with van der Waals surface area (Å²) in [7, 11) is -1.00. The van der Waals surface area contributed by atoms with Crippen molar-refractivity contribution in [1.82, 2.24) is 4.98 Å². The highest BCUT2D eigenvalue weighted by molar-refractivity contribution is 6.79. The van der Waals surface area contributed by atoms with Crippen LogP contribution in [0.2, 0.25) is 24.2 Å². The summed E-state index contributed by atoms with van der Waals surface area (Å²) in [6, 6.07) is 11.9. The van der Waals surface area contributed by atoms with Gasteiger partial charge in [-0.3, -0.25) is 4.98 Å². The van der Waals surface area contributed by atoms with Crippen LogP contribution in [0.1, 0.15) is 39.3 Å². The SMILES string of the molecule is CC[Si](CC)(CC)CC(C)c1ccccn1. The van der Waals surface area contributed by atoms with Gasteiger partial charge >= 0.3 is 0 Å². The van der Waals surface area contributed by atoms with Gasteiger partial charge in [0.15, 0.2) is 0 Å². The molecular weight excluding hydrogens is 210 g/mol. The Morgan fingerprint density at radius 1 is 1.12 bits per heavy atom. The highest BCUT2D eigenvalue weighted by Crippen LogP contribution is 2.32. The first-order chi connectivity index (χ1) is 7.67. The predicted molar refractivity (Wildman–Crippen MR) is 74.7 cm³/mol. The maximum absolute atomic E-state index is 4.49. The summed E-state index contributed by atoms with van der Waals surface area (Å²) in [5, 5.41) is 0. The molecule has 90 valence electrons. The Hall–Kier alpha value is -0.633. The molecule has 1 heterocycles. The molecule has 0 aromatic carbocycles. The first kappa shape index (κ1) is 13.4. The Bertz CT molecular complexity index is 285. The van der Waals surface area contributed by atoms with E-state index in [4.69, 9.17) is 0 Å². The number of pyridine rings is 1. The van der Waals surface area contributed by atoms with Crippen LogP contribution in [0.5, 0.6) is 0 Å². The van der Waals surface area contributed by atoms with Crippen LogP contribution in [0.25, 0.3) is 0 Å². The van der Waals surface area contributed by atoms with Gasteiger partial charge in [0.25, 0.3) is 0 Å². The van der Waals surface area contributed by atoms with Crippen LogP contribution in [0.4, 0.5) is 0 Å². The second kappa shape index (κ2) is 6.19. The molecule has 0 aliphatic rings. The fourth-order valence-corrected chi connectivity index (χ4v) is 6.48. The fourth-order valence-electron chi connectivity index (χ4n) is 2.60. The van der Waals surface area contributed by atoms with Crippen molar-refractivity contribution in [2.45, 2.75) is 57.8 Å². The third-order valence-electron chi connectivity index (χ3n) is 4.18. The third kappa shape index (κ3) is 3.18. The predicted octanol–water partition coefficient (Wildman–Crippen LogP) is 4.69. The number of aromatic nitrogens is 1. The minimum atomic E-state index is -1.00. The summed E-state index contributed by atoms with van der Waals surface area (Å²) in [5.74, 6) is 0.632. The van der Waals surface area contributed by atoms with E-state index in [1.165, 1.54) is 29.9 Å². The van der Waals surface area contributed by atoms with E-state index in [-0.39, 0.29) is 0 Å². The second-order valence-electron chi connectivity index (χ2n) is 4.92. The van der Waals surface area contributed by atoms with Gasteiger partial charge in [-0.1, -0.05) is 51.9 Å². The lowest BCUT2D eigenvalue weighted by atomic mass is 10.1. The van der Waals surface area contributed by atoms with Crippen LogP contribution in [0.3, 0.4) is 0 Å². The number of rotatable bonds is 6. The molecule has 0 spiro atoms. The van der Waals surface area contributed by atoms with E-state index in [0.29, 0.717) is 5.92 Å². The molecule has 1 atom stereocenters. The van der Waals surface area contributed by atoms with Crippen molar-refractivity contribution in [3.8, 4) is 0 Å². The van der Waals surface area contributed by atoms with E-state index in [0.717, 1.165) is 0 Å². The van der Waals surface area contributed by atoms with Crippen LogP contribution in [0.15, 0.2) is 24.4 Å². The van der Waals surface area contributed by atoms with E-state index >= 15 is 0 Å². The second-order valence-corrected chi connectivity index (χ2v) is 10.5. The topological polar surface area (TPSA) is 12.9 Å². The van der Waals surface area contributed by atoms with Gasteiger partial charge in [0.05, 0.1) is 8.07 Å². The van der Waals surface area contributed by atoms with Crippen LogP contribution >= 0.6 is 0 Å². The smallest absolute Gasteiger partial charge is 0.0534 e. The van der Waals surface area contributed by atoms with E-state index < -0.39 is 8.07 Å². The van der Waals surface area contributed by atoms with Crippen molar-refractivity contribution in [3.63, 3.8) is 0 Å². The molecule has 1 aromatic heterocycles. The first-order valence-corrected chi connectivity index (χ1v) is 9.41. The van der Waals surface area contributed by atoms with Gasteiger partial charge in [0.1, 0.15) is 0 Å². The van der Waals surface area contributed by atoms with Crippen molar-refractivity contribution < 1.29 is 0 Å². The number of hydrogen-bond donors (Lipinski definition) is 0. The lowest BCUT2D eigenvalue weighted by molar-refractivity contribution is 0.792. The van der Waals surface area contributed by atoms with Gasteiger partial charge < -0.3 is 0 Å². The molecule has 0 amide bonds. The van der Waals surface area contributed by atoms with E-state index in [9.17, 15) is 0 Å². The maximum atomic E-state index is 4.49. The average molecular weight is 235 g/mol. The van der Waals surface area contributed by atoms with Crippen LogP contribution in [0, 0.1) is 0 Å². The molecule has 0 radical (unpaired) electrons. The molecule has 0 saturated heterocycles. The molecule has 0 aliphatic heterocycles. The molecule has 0 bridgehead atoms. The van der Waals surface area contributed by atoms with Crippen LogP contribution < -0.4 is 0 Å². The van der Waals surface area contributed by atoms with Gasteiger partial charge in [-0.05, 0) is 24.1 Å². The quantitative estimate of drug-likeness (QED) is 0.652. The van der Waals surface area contributed by atoms with Crippen LogP contribution in [-0.2, 0) is 0 Å². The van der Waals surface area contributed by atoms with Gasteiger partial charge in [0.2, 0.25) is 0 Å². The normalized spacial score (nSPS) is 13.8. The van der Waals surface area contributed by atoms with Crippen molar-refractivity contribution >= 4 is 8.07 Å². The summed E-state index contributed by atoms with van der Waals surface area (Å²) < 4.78 is 0. The van der Waals surface area contributed by atoms with Crippen molar-refractivity contribution in [2.24, 2.45) is 0 Å². The highest BCUT2D eigenvalue weighted by atomic mass is 28.3. The van der Waals surface area contributed by atoms with E-state index in [1.807, 2.05) is 12.3 Å². The molecule has 0 saturated carbocycles. The molecule has 2 heteroatoms. The Morgan fingerprint density at radius 2 is 1.75 bits per heavy atom. The zero-order valence-electron chi connectivity index (χ0n) is 11.2. The van der Waals surface area contributed by atoms with E-state index in [1.54, 1.807) is 0 Å². The Balaban J connectivity index is 2.73. The maximum Gasteiger partial charge on any atom is 0.0534 e. The summed E-state index contributed by atoms with van der Waals surface area (Å²) >= 11 is 0. The zero-order valence-corrected chi connectivity index (χ0v) is 12.2. The Kier molecular flexibility index (Phi) is 5.20. The lowest BCUT2D eigenvalue weighted by Crippen LogP contribution is -2.32. The standard InChI is InChI=1S/C14H25NSi/c1-5-16(6-2,7-3)12-13(4)14-10-8-9-11-15-14/h8-11,13H,5-7,12H2,1-4H3. The molecule has 1 unspecified atom stereocenters. The largest absolute Gasteiger partial charge is 0.261 e. The van der Waals surface area contributed by atoms with Crippen molar-refractivity contribution in [1.29, 1.82) is 0 Å². The Labute approximate surface area is 101 Å². The molecule has 1 aromatic rings. The summed E-state index contributed by atoms with van der Waals surface area (Å²) in [6.45, 7) is 9.48. The van der Waals surface area contributed by atoms with Crippen molar-refractivity contribution in [2.75, 3.05) is 0 Å². The molecule has 16 heavy (non-hydrogen) atoms. The molecule has 1 nitrogen and oxygen atoms in total. The van der Waals surface area contributed by atoms with E-state index in [2.05, 4.69) is 44.8 Å². The zero-order chi connectivity index (χ0) is 12.0. The highest BCUT2D eigenvalue weighted by Gasteiger charge is 2.29. The number of hydrogen-bond acceptors (Lipinski definition) is 1. The van der Waals surface area contributed by atoms with Gasteiger partial charge in [0, 0.05) is 11.9 Å². The fraction of sp³-hybridized carbons (Fsp3) is 0.643. The molecular formula is C14H25NSi. The van der Waals surface area contributed by atoms with Gasteiger partial charge in [-0.25, -0.2) is 0 Å². The third-order valence-corrected chi connectivity index (χ3v) is 10.2.